The maximum atomic E-state index is 11.9. The van der Waals surface area contributed by atoms with Crippen LogP contribution in [0.5, 0.6) is 0 Å². The summed E-state index contributed by atoms with van der Waals surface area (Å²) in [5.41, 5.74) is 0. The summed E-state index contributed by atoms with van der Waals surface area (Å²) in [5.74, 6) is -0.842. The molecule has 0 saturated heterocycles. The molecule has 0 aromatic rings. The second-order valence-electron chi connectivity index (χ2n) is 6.17. The van der Waals surface area contributed by atoms with Crippen molar-refractivity contribution < 1.29 is 24.3 Å². The van der Waals surface area contributed by atoms with Crippen molar-refractivity contribution >= 4 is 23.9 Å². The third-order valence-electron chi connectivity index (χ3n) is 4.29. The molecule has 0 aromatic heterocycles. The summed E-state index contributed by atoms with van der Waals surface area (Å²) in [6.07, 6.45) is 5.42. The van der Waals surface area contributed by atoms with Gasteiger partial charge in [0.05, 0.1) is 6.54 Å². The number of hydrogen-bond acceptors (Lipinski definition) is 5. The Morgan fingerprint density at radius 2 is 2.00 bits per heavy atom. The van der Waals surface area contributed by atoms with E-state index >= 15 is 0 Å². The van der Waals surface area contributed by atoms with Crippen molar-refractivity contribution in [2.45, 2.75) is 51.5 Å². The minimum Gasteiger partial charge on any atom is -0.480 e. The average Bonchev–Trinajstić information content (AvgIpc) is 2.57. The van der Waals surface area contributed by atoms with Gasteiger partial charge in [-0.2, -0.15) is 0 Å². The average molecular weight is 339 g/mol. The fourth-order valence-corrected chi connectivity index (χ4v) is 2.94. The Morgan fingerprint density at radius 3 is 2.62 bits per heavy atom. The van der Waals surface area contributed by atoms with E-state index in [2.05, 4.69) is 15.6 Å². The molecular weight excluding hydrogens is 314 g/mol. The minimum absolute atomic E-state index is 0.214. The highest BCUT2D eigenvalue weighted by atomic mass is 16.4. The highest BCUT2D eigenvalue weighted by molar-refractivity contribution is 5.88. The van der Waals surface area contributed by atoms with Crippen molar-refractivity contribution in [2.24, 2.45) is 16.8 Å². The topological polar surface area (TPSA) is 125 Å². The second-order valence-corrected chi connectivity index (χ2v) is 6.17. The Kier molecular flexibility index (Phi) is 8.71. The molecule has 0 aromatic carbocycles. The van der Waals surface area contributed by atoms with Gasteiger partial charge in [0.1, 0.15) is 11.8 Å². The van der Waals surface area contributed by atoms with Crippen molar-refractivity contribution in [3.8, 4) is 0 Å². The van der Waals surface area contributed by atoms with E-state index in [4.69, 9.17) is 5.11 Å². The first-order valence-corrected chi connectivity index (χ1v) is 8.28. The van der Waals surface area contributed by atoms with Crippen LogP contribution in [-0.2, 0) is 14.4 Å². The number of nitrogens with one attached hydrogen (secondary N) is 2. The smallest absolute Gasteiger partial charge is 0.326 e. The Labute approximate surface area is 141 Å². The zero-order valence-electron chi connectivity index (χ0n) is 13.9. The molecule has 0 aliphatic heterocycles. The van der Waals surface area contributed by atoms with E-state index < -0.39 is 18.0 Å². The molecule has 0 spiro atoms. The molecule has 134 valence electrons. The van der Waals surface area contributed by atoms with Gasteiger partial charge in [-0.3, -0.25) is 4.79 Å². The number of carbonyl (C=O) groups excluding carboxylic acids is 3. The molecule has 0 radical (unpaired) electrons. The van der Waals surface area contributed by atoms with E-state index in [9.17, 15) is 19.2 Å². The maximum absolute atomic E-state index is 11.9. The summed E-state index contributed by atoms with van der Waals surface area (Å²) in [7, 11) is 0. The van der Waals surface area contributed by atoms with Gasteiger partial charge >= 0.3 is 12.0 Å². The number of urea groups is 1. The Morgan fingerprint density at radius 1 is 1.29 bits per heavy atom. The number of ketones is 1. The highest BCUT2D eigenvalue weighted by Gasteiger charge is 2.24. The van der Waals surface area contributed by atoms with Crippen LogP contribution >= 0.6 is 0 Å². The summed E-state index contributed by atoms with van der Waals surface area (Å²) < 4.78 is 0. The lowest BCUT2D eigenvalue weighted by Gasteiger charge is -2.28. The van der Waals surface area contributed by atoms with Gasteiger partial charge in [0.15, 0.2) is 0 Å². The number of isocyanates is 1. The summed E-state index contributed by atoms with van der Waals surface area (Å²) >= 11 is 0. The van der Waals surface area contributed by atoms with Gasteiger partial charge in [0.2, 0.25) is 6.08 Å². The van der Waals surface area contributed by atoms with E-state index in [1.54, 1.807) is 13.0 Å². The number of hydrogen-bond donors (Lipinski definition) is 3. The third kappa shape index (κ3) is 7.37. The molecule has 1 fully saturated rings. The lowest BCUT2D eigenvalue weighted by molar-refractivity contribution is -0.140. The van der Waals surface area contributed by atoms with Crippen LogP contribution < -0.4 is 10.6 Å². The molecule has 8 nitrogen and oxygen atoms in total. The summed E-state index contributed by atoms with van der Waals surface area (Å²) in [6.45, 7) is 2.54. The number of aliphatic imine (C=N–C) groups is 1. The number of aliphatic carboxylic acids is 1. The van der Waals surface area contributed by atoms with Crippen LogP contribution in [0.4, 0.5) is 4.79 Å². The highest BCUT2D eigenvalue weighted by Crippen LogP contribution is 2.28. The standard InChI is InChI=1S/C16H25N3O5/c1-2-13(21)7-14(15(22)23)19-16(24)18-9-12-5-3-4-11(6-12)8-17-10-20/h11-12,14H,2-9H2,1H3,(H,22,23)(H2,18,19,24). The first kappa shape index (κ1) is 19.8. The van der Waals surface area contributed by atoms with E-state index in [-0.39, 0.29) is 24.5 Å². The van der Waals surface area contributed by atoms with E-state index in [0.29, 0.717) is 19.0 Å². The number of nitrogens with zero attached hydrogens (tertiary/aromatic N) is 1. The third-order valence-corrected chi connectivity index (χ3v) is 4.29. The van der Waals surface area contributed by atoms with Gasteiger partial charge in [-0.1, -0.05) is 13.3 Å². The van der Waals surface area contributed by atoms with Crippen molar-refractivity contribution in [3.63, 3.8) is 0 Å². The molecule has 3 N–H and O–H groups in total. The summed E-state index contributed by atoms with van der Waals surface area (Å²) in [5, 5.41) is 14.1. The zero-order valence-corrected chi connectivity index (χ0v) is 13.9. The molecule has 2 amide bonds. The van der Waals surface area contributed by atoms with Crippen molar-refractivity contribution in [2.75, 3.05) is 13.1 Å². The van der Waals surface area contributed by atoms with E-state index in [1.807, 2.05) is 0 Å². The molecule has 1 aliphatic rings. The van der Waals surface area contributed by atoms with Crippen LogP contribution in [0.1, 0.15) is 45.4 Å². The molecule has 0 bridgehead atoms. The normalized spacial score (nSPS) is 21.2. The number of amides is 2. The molecule has 1 rings (SSSR count). The second kappa shape index (κ2) is 10.5. The molecule has 0 heterocycles. The van der Waals surface area contributed by atoms with Crippen LogP contribution in [0.15, 0.2) is 4.99 Å². The molecule has 3 unspecified atom stereocenters. The lowest BCUT2D eigenvalue weighted by Crippen LogP contribution is -2.48. The number of rotatable bonds is 9. The largest absolute Gasteiger partial charge is 0.480 e. The van der Waals surface area contributed by atoms with Crippen LogP contribution in [0.2, 0.25) is 0 Å². The first-order valence-electron chi connectivity index (χ1n) is 8.28. The molecular formula is C16H25N3O5. The van der Waals surface area contributed by atoms with E-state index in [1.165, 1.54) is 0 Å². The number of carboxylic acids is 1. The first-order chi connectivity index (χ1) is 11.5. The molecule has 24 heavy (non-hydrogen) atoms. The fourth-order valence-electron chi connectivity index (χ4n) is 2.94. The number of carbonyl (C=O) groups is 3. The molecule has 8 heteroatoms. The van der Waals surface area contributed by atoms with Gasteiger partial charge < -0.3 is 15.7 Å². The zero-order chi connectivity index (χ0) is 17.9. The van der Waals surface area contributed by atoms with Gasteiger partial charge in [0, 0.05) is 19.4 Å². The van der Waals surface area contributed by atoms with Crippen molar-refractivity contribution in [3.05, 3.63) is 0 Å². The van der Waals surface area contributed by atoms with Crippen molar-refractivity contribution in [1.29, 1.82) is 0 Å². The quantitative estimate of drug-likeness (QED) is 0.431. The Balaban J connectivity index is 2.39. The fraction of sp³-hybridized carbons (Fsp3) is 0.750. The van der Waals surface area contributed by atoms with Gasteiger partial charge in [-0.05, 0) is 31.1 Å². The van der Waals surface area contributed by atoms with Crippen LogP contribution in [0.25, 0.3) is 0 Å². The Hall–Kier alpha value is -2.21. The van der Waals surface area contributed by atoms with Gasteiger partial charge in [-0.25, -0.2) is 19.4 Å². The predicted octanol–water partition coefficient (Wildman–Crippen LogP) is 1.25. The Bertz CT molecular complexity index is 502. The minimum atomic E-state index is -1.23. The predicted molar refractivity (Wildman–Crippen MR) is 86.3 cm³/mol. The summed E-state index contributed by atoms with van der Waals surface area (Å²) in [6, 6.07) is -1.79. The lowest BCUT2D eigenvalue weighted by atomic mass is 9.81. The maximum Gasteiger partial charge on any atom is 0.326 e. The van der Waals surface area contributed by atoms with Gasteiger partial charge in [0.25, 0.3) is 0 Å². The van der Waals surface area contributed by atoms with Crippen LogP contribution in [0, 0.1) is 11.8 Å². The number of Topliss-reactive ketones (excluding diaryl/α,β-unsaturated/α-hetero) is 1. The molecule has 3 atom stereocenters. The molecule has 1 saturated carbocycles. The van der Waals surface area contributed by atoms with Crippen molar-refractivity contribution in [1.82, 2.24) is 10.6 Å². The number of carboxylic acid groups (broad SMARTS) is 1. The molecule has 1 aliphatic carbocycles. The van der Waals surface area contributed by atoms with E-state index in [0.717, 1.165) is 25.7 Å². The van der Waals surface area contributed by atoms with Crippen LogP contribution in [-0.4, -0.2) is 48.1 Å². The van der Waals surface area contributed by atoms with Gasteiger partial charge in [-0.15, -0.1) is 0 Å². The summed E-state index contributed by atoms with van der Waals surface area (Å²) in [4.78, 5) is 48.1. The SMILES string of the molecule is CCC(=O)CC(NC(=O)NCC1CCCC(CN=C=O)C1)C(=O)O. The van der Waals surface area contributed by atoms with Crippen LogP contribution in [0.3, 0.4) is 0 Å². The monoisotopic (exact) mass is 339 g/mol.